The highest BCUT2D eigenvalue weighted by molar-refractivity contribution is 7.98. The second-order valence-electron chi connectivity index (χ2n) is 3.76. The van der Waals surface area contributed by atoms with Crippen LogP contribution in [0.5, 0.6) is 0 Å². The van der Waals surface area contributed by atoms with Crippen molar-refractivity contribution in [1.29, 1.82) is 0 Å². The molecule has 17 heavy (non-hydrogen) atoms. The molecular weight excluding hydrogens is 234 g/mol. The number of thioether (sulfide) groups is 1. The SMILES string of the molecule is CCc1nc(NN)cc(NC(CC)CSC)n1. The van der Waals surface area contributed by atoms with Gasteiger partial charge in [0.25, 0.3) is 0 Å². The minimum absolute atomic E-state index is 0.426. The molecule has 0 fully saturated rings. The van der Waals surface area contributed by atoms with Gasteiger partial charge in [0.1, 0.15) is 17.5 Å². The largest absolute Gasteiger partial charge is 0.366 e. The van der Waals surface area contributed by atoms with Crippen LogP contribution in [-0.2, 0) is 6.42 Å². The first-order valence-corrected chi connectivity index (χ1v) is 7.22. The van der Waals surface area contributed by atoms with Gasteiger partial charge >= 0.3 is 0 Å². The number of nitrogen functional groups attached to an aromatic ring is 1. The minimum atomic E-state index is 0.426. The van der Waals surface area contributed by atoms with Crippen molar-refractivity contribution in [2.75, 3.05) is 22.8 Å². The van der Waals surface area contributed by atoms with Gasteiger partial charge in [0, 0.05) is 24.3 Å². The van der Waals surface area contributed by atoms with Gasteiger partial charge in [-0.25, -0.2) is 15.8 Å². The van der Waals surface area contributed by atoms with E-state index >= 15 is 0 Å². The van der Waals surface area contributed by atoms with Crippen molar-refractivity contribution < 1.29 is 0 Å². The maximum absolute atomic E-state index is 5.39. The van der Waals surface area contributed by atoms with Crippen molar-refractivity contribution in [3.05, 3.63) is 11.9 Å². The standard InChI is InChI=1S/C11H21N5S/c1-4-8(7-17-3)13-10-6-11(16-12)15-9(5-2)14-10/h6,8H,4-5,7,12H2,1-3H3,(H2,13,14,15,16). The molecule has 1 rings (SSSR count). The molecule has 0 aromatic carbocycles. The highest BCUT2D eigenvalue weighted by Crippen LogP contribution is 2.14. The van der Waals surface area contributed by atoms with Crippen molar-refractivity contribution in [2.24, 2.45) is 5.84 Å². The number of anilines is 2. The Morgan fingerprint density at radius 2 is 2.06 bits per heavy atom. The van der Waals surface area contributed by atoms with E-state index in [2.05, 4.69) is 33.9 Å². The molecule has 1 aromatic heterocycles. The summed E-state index contributed by atoms with van der Waals surface area (Å²) in [4.78, 5) is 8.70. The zero-order valence-corrected chi connectivity index (χ0v) is 11.5. The summed E-state index contributed by atoms with van der Waals surface area (Å²) in [5.41, 5.74) is 2.57. The molecule has 4 N–H and O–H groups in total. The number of aryl methyl sites for hydroxylation is 1. The Morgan fingerprint density at radius 3 is 2.59 bits per heavy atom. The summed E-state index contributed by atoms with van der Waals surface area (Å²) >= 11 is 1.83. The minimum Gasteiger partial charge on any atom is -0.366 e. The average molecular weight is 255 g/mol. The Kier molecular flexibility index (Phi) is 6.07. The van der Waals surface area contributed by atoms with Gasteiger partial charge in [0.05, 0.1) is 0 Å². The second-order valence-corrected chi connectivity index (χ2v) is 4.67. The number of hydrazine groups is 1. The summed E-state index contributed by atoms with van der Waals surface area (Å²) in [6, 6.07) is 2.26. The quantitative estimate of drug-likeness (QED) is 0.510. The van der Waals surface area contributed by atoms with E-state index in [9.17, 15) is 0 Å². The van der Waals surface area contributed by atoms with Gasteiger partial charge < -0.3 is 10.7 Å². The number of nitrogens with two attached hydrogens (primary N) is 1. The molecule has 1 heterocycles. The summed E-state index contributed by atoms with van der Waals surface area (Å²) in [6.45, 7) is 4.19. The molecule has 0 bridgehead atoms. The van der Waals surface area contributed by atoms with Gasteiger partial charge in [0.15, 0.2) is 0 Å². The molecule has 1 unspecified atom stereocenters. The zero-order chi connectivity index (χ0) is 12.7. The first-order valence-electron chi connectivity index (χ1n) is 5.83. The predicted molar refractivity (Wildman–Crippen MR) is 75.3 cm³/mol. The maximum Gasteiger partial charge on any atom is 0.145 e. The lowest BCUT2D eigenvalue weighted by molar-refractivity contribution is 0.766. The summed E-state index contributed by atoms with van der Waals surface area (Å²) in [5.74, 6) is 8.74. The maximum atomic E-state index is 5.39. The second kappa shape index (κ2) is 7.34. The van der Waals surface area contributed by atoms with Crippen molar-refractivity contribution in [1.82, 2.24) is 9.97 Å². The van der Waals surface area contributed by atoms with Crippen LogP contribution in [0.25, 0.3) is 0 Å². The van der Waals surface area contributed by atoms with E-state index in [4.69, 9.17) is 5.84 Å². The first kappa shape index (κ1) is 14.1. The van der Waals surface area contributed by atoms with Gasteiger partial charge in [-0.2, -0.15) is 11.8 Å². The number of hydrogen-bond donors (Lipinski definition) is 3. The molecule has 0 amide bonds. The summed E-state index contributed by atoms with van der Waals surface area (Å²) in [7, 11) is 0. The highest BCUT2D eigenvalue weighted by Gasteiger charge is 2.08. The molecule has 6 heteroatoms. The molecule has 0 aliphatic heterocycles. The van der Waals surface area contributed by atoms with Crippen LogP contribution < -0.4 is 16.6 Å². The van der Waals surface area contributed by atoms with E-state index in [1.807, 2.05) is 24.8 Å². The molecule has 0 aliphatic carbocycles. The van der Waals surface area contributed by atoms with Gasteiger partial charge in [0.2, 0.25) is 0 Å². The van der Waals surface area contributed by atoms with Crippen LogP contribution in [0, 0.1) is 0 Å². The van der Waals surface area contributed by atoms with Crippen molar-refractivity contribution in [3.8, 4) is 0 Å². The van der Waals surface area contributed by atoms with Crippen LogP contribution in [0.3, 0.4) is 0 Å². The fourth-order valence-electron chi connectivity index (χ4n) is 1.48. The summed E-state index contributed by atoms with van der Waals surface area (Å²) < 4.78 is 0. The summed E-state index contributed by atoms with van der Waals surface area (Å²) in [6.07, 6.45) is 3.97. The Balaban J connectivity index is 2.81. The number of hydrogen-bond acceptors (Lipinski definition) is 6. The number of rotatable bonds is 7. The molecule has 0 radical (unpaired) electrons. The van der Waals surface area contributed by atoms with Gasteiger partial charge in [-0.3, -0.25) is 0 Å². The normalized spacial score (nSPS) is 12.2. The van der Waals surface area contributed by atoms with E-state index in [-0.39, 0.29) is 0 Å². The Morgan fingerprint density at radius 1 is 1.35 bits per heavy atom. The number of nitrogens with zero attached hydrogens (tertiary/aromatic N) is 2. The third-order valence-electron chi connectivity index (χ3n) is 2.45. The first-order chi connectivity index (χ1) is 8.23. The molecule has 96 valence electrons. The van der Waals surface area contributed by atoms with Gasteiger partial charge in [-0.05, 0) is 12.7 Å². The lowest BCUT2D eigenvalue weighted by Gasteiger charge is -2.17. The lowest BCUT2D eigenvalue weighted by Crippen LogP contribution is -2.22. The molecular formula is C11H21N5S. The molecule has 0 aliphatic rings. The van der Waals surface area contributed by atoms with Crippen LogP contribution in [-0.4, -0.2) is 28.0 Å². The van der Waals surface area contributed by atoms with Crippen LogP contribution >= 0.6 is 11.8 Å². The average Bonchev–Trinajstić information content (AvgIpc) is 2.37. The van der Waals surface area contributed by atoms with Crippen LogP contribution in [0.4, 0.5) is 11.6 Å². The third-order valence-corrected chi connectivity index (χ3v) is 3.18. The van der Waals surface area contributed by atoms with E-state index in [1.165, 1.54) is 0 Å². The molecule has 1 aromatic rings. The molecule has 5 nitrogen and oxygen atoms in total. The molecule has 0 saturated heterocycles. The van der Waals surface area contributed by atoms with Gasteiger partial charge in [-0.15, -0.1) is 0 Å². The number of nitrogens with one attached hydrogen (secondary N) is 2. The zero-order valence-electron chi connectivity index (χ0n) is 10.7. The van der Waals surface area contributed by atoms with Crippen molar-refractivity contribution in [3.63, 3.8) is 0 Å². The van der Waals surface area contributed by atoms with E-state index in [0.717, 1.165) is 30.2 Å². The fraction of sp³-hybridized carbons (Fsp3) is 0.636. The van der Waals surface area contributed by atoms with Crippen LogP contribution in [0.15, 0.2) is 6.07 Å². The smallest absolute Gasteiger partial charge is 0.145 e. The topological polar surface area (TPSA) is 75.9 Å². The number of aromatic nitrogens is 2. The van der Waals surface area contributed by atoms with E-state index < -0.39 is 0 Å². The summed E-state index contributed by atoms with van der Waals surface area (Å²) in [5, 5.41) is 3.41. The fourth-order valence-corrected chi connectivity index (χ4v) is 2.20. The van der Waals surface area contributed by atoms with Crippen molar-refractivity contribution in [2.45, 2.75) is 32.7 Å². The highest BCUT2D eigenvalue weighted by atomic mass is 32.2. The predicted octanol–water partition coefficient (Wildman–Crippen LogP) is 1.88. The Bertz CT molecular complexity index is 322. The molecule has 0 saturated carbocycles. The molecule has 1 atom stereocenters. The van der Waals surface area contributed by atoms with Crippen LogP contribution in [0.2, 0.25) is 0 Å². The van der Waals surface area contributed by atoms with E-state index in [1.54, 1.807) is 0 Å². The van der Waals surface area contributed by atoms with Crippen LogP contribution in [0.1, 0.15) is 26.1 Å². The monoisotopic (exact) mass is 255 g/mol. The van der Waals surface area contributed by atoms with Crippen molar-refractivity contribution >= 4 is 23.4 Å². The van der Waals surface area contributed by atoms with E-state index in [0.29, 0.717) is 11.9 Å². The molecule has 0 spiro atoms. The van der Waals surface area contributed by atoms with Gasteiger partial charge in [-0.1, -0.05) is 13.8 Å². The third kappa shape index (κ3) is 4.40. The lowest BCUT2D eigenvalue weighted by atomic mass is 10.2. The Hall–Kier alpha value is -1.01. The Labute approximate surface area is 107 Å².